The number of hydrogen-bond donors (Lipinski definition) is 1. The molecular formula is C11H21NO. The lowest BCUT2D eigenvalue weighted by Gasteiger charge is -2.42. The second-order valence-corrected chi connectivity index (χ2v) is 4.71. The standard InChI is InChI=1S/C11H21NO/c1-3-8-6-9-4-5-11(12(9)2)10(8)7-13/h8-11,13H,3-7H2,1-2H3. The Morgan fingerprint density at radius 2 is 2.15 bits per heavy atom. The Labute approximate surface area is 80.9 Å². The summed E-state index contributed by atoms with van der Waals surface area (Å²) < 4.78 is 0. The Kier molecular flexibility index (Phi) is 2.61. The Morgan fingerprint density at radius 3 is 2.77 bits per heavy atom. The minimum atomic E-state index is 0.389. The molecule has 0 aromatic heterocycles. The third-order valence-corrected chi connectivity index (χ3v) is 4.30. The molecule has 0 aromatic rings. The van der Waals surface area contributed by atoms with Crippen molar-refractivity contribution in [1.29, 1.82) is 0 Å². The van der Waals surface area contributed by atoms with Crippen LogP contribution in [0.1, 0.15) is 32.6 Å². The van der Waals surface area contributed by atoms with Gasteiger partial charge in [0.2, 0.25) is 0 Å². The molecule has 2 aliphatic heterocycles. The molecule has 0 amide bonds. The van der Waals surface area contributed by atoms with Crippen LogP contribution in [0.5, 0.6) is 0 Å². The van der Waals surface area contributed by atoms with Crippen LogP contribution in [0.4, 0.5) is 0 Å². The molecule has 2 fully saturated rings. The van der Waals surface area contributed by atoms with Crippen molar-refractivity contribution in [1.82, 2.24) is 4.90 Å². The maximum atomic E-state index is 9.40. The van der Waals surface area contributed by atoms with Crippen molar-refractivity contribution in [3.05, 3.63) is 0 Å². The van der Waals surface area contributed by atoms with E-state index in [1.807, 2.05) is 0 Å². The van der Waals surface area contributed by atoms with E-state index in [0.29, 0.717) is 18.6 Å². The first-order valence-electron chi connectivity index (χ1n) is 5.60. The highest BCUT2D eigenvalue weighted by atomic mass is 16.3. The van der Waals surface area contributed by atoms with Crippen molar-refractivity contribution < 1.29 is 5.11 Å². The van der Waals surface area contributed by atoms with Gasteiger partial charge in [-0.05, 0) is 32.2 Å². The van der Waals surface area contributed by atoms with Gasteiger partial charge in [-0.25, -0.2) is 0 Å². The Hall–Kier alpha value is -0.0800. The maximum absolute atomic E-state index is 9.40. The van der Waals surface area contributed by atoms with Crippen LogP contribution < -0.4 is 0 Å². The fourth-order valence-electron chi connectivity index (χ4n) is 3.42. The predicted molar refractivity (Wildman–Crippen MR) is 53.5 cm³/mol. The van der Waals surface area contributed by atoms with Crippen LogP contribution in [0.3, 0.4) is 0 Å². The van der Waals surface area contributed by atoms with E-state index >= 15 is 0 Å². The Bertz CT molecular complexity index is 183. The second kappa shape index (κ2) is 3.58. The van der Waals surface area contributed by atoms with Gasteiger partial charge < -0.3 is 10.0 Å². The summed E-state index contributed by atoms with van der Waals surface area (Å²) in [6.45, 7) is 2.65. The van der Waals surface area contributed by atoms with Gasteiger partial charge in [0.15, 0.2) is 0 Å². The van der Waals surface area contributed by atoms with E-state index in [4.69, 9.17) is 0 Å². The molecule has 4 unspecified atom stereocenters. The second-order valence-electron chi connectivity index (χ2n) is 4.71. The average Bonchev–Trinajstić information content (AvgIpc) is 2.40. The third-order valence-electron chi connectivity index (χ3n) is 4.30. The lowest BCUT2D eigenvalue weighted by Crippen LogP contribution is -2.47. The molecule has 0 spiro atoms. The molecule has 2 heterocycles. The summed E-state index contributed by atoms with van der Waals surface area (Å²) in [5.41, 5.74) is 0. The van der Waals surface area contributed by atoms with E-state index in [1.165, 1.54) is 25.7 Å². The lowest BCUT2D eigenvalue weighted by molar-refractivity contribution is 0.0294. The van der Waals surface area contributed by atoms with Gasteiger partial charge in [-0.15, -0.1) is 0 Å². The van der Waals surface area contributed by atoms with Gasteiger partial charge in [0.05, 0.1) is 0 Å². The van der Waals surface area contributed by atoms with Crippen LogP contribution in [0.15, 0.2) is 0 Å². The molecule has 2 rings (SSSR count). The molecular weight excluding hydrogens is 162 g/mol. The highest BCUT2D eigenvalue weighted by Gasteiger charge is 2.44. The zero-order valence-electron chi connectivity index (χ0n) is 8.74. The summed E-state index contributed by atoms with van der Waals surface area (Å²) in [6.07, 6.45) is 5.22. The van der Waals surface area contributed by atoms with Crippen LogP contribution in [-0.2, 0) is 0 Å². The normalized spacial score (nSPS) is 45.5. The van der Waals surface area contributed by atoms with Crippen LogP contribution >= 0.6 is 0 Å². The van der Waals surface area contributed by atoms with E-state index in [9.17, 15) is 5.11 Å². The van der Waals surface area contributed by atoms with Crippen LogP contribution in [-0.4, -0.2) is 35.7 Å². The van der Waals surface area contributed by atoms with Gasteiger partial charge in [0.25, 0.3) is 0 Å². The molecule has 2 bridgehead atoms. The monoisotopic (exact) mass is 183 g/mol. The van der Waals surface area contributed by atoms with Gasteiger partial charge >= 0.3 is 0 Å². The number of nitrogens with zero attached hydrogens (tertiary/aromatic N) is 1. The van der Waals surface area contributed by atoms with Gasteiger partial charge in [0, 0.05) is 24.6 Å². The van der Waals surface area contributed by atoms with Gasteiger partial charge in [0.1, 0.15) is 0 Å². The molecule has 2 saturated heterocycles. The van der Waals surface area contributed by atoms with E-state index in [2.05, 4.69) is 18.9 Å². The van der Waals surface area contributed by atoms with Gasteiger partial charge in [-0.2, -0.15) is 0 Å². The van der Waals surface area contributed by atoms with E-state index in [-0.39, 0.29) is 0 Å². The number of aliphatic hydroxyl groups excluding tert-OH is 1. The zero-order valence-corrected chi connectivity index (χ0v) is 8.74. The SMILES string of the molecule is CCC1CC2CCC(C1CO)N2C. The van der Waals surface area contributed by atoms with Gasteiger partial charge in [-0.1, -0.05) is 13.3 Å². The molecule has 2 aliphatic rings. The van der Waals surface area contributed by atoms with Crippen molar-refractivity contribution in [3.8, 4) is 0 Å². The predicted octanol–water partition coefficient (Wildman–Crippen LogP) is 1.49. The van der Waals surface area contributed by atoms with Crippen molar-refractivity contribution >= 4 is 0 Å². The summed E-state index contributed by atoms with van der Waals surface area (Å²) in [7, 11) is 2.23. The molecule has 0 aliphatic carbocycles. The zero-order chi connectivity index (χ0) is 9.42. The highest BCUT2D eigenvalue weighted by Crippen LogP contribution is 2.42. The maximum Gasteiger partial charge on any atom is 0.0476 e. The minimum absolute atomic E-state index is 0.389. The molecule has 2 nitrogen and oxygen atoms in total. The van der Waals surface area contributed by atoms with Crippen LogP contribution in [0.2, 0.25) is 0 Å². The molecule has 0 saturated carbocycles. The first-order chi connectivity index (χ1) is 6.27. The molecule has 2 heteroatoms. The summed E-state index contributed by atoms with van der Waals surface area (Å²) in [4.78, 5) is 2.51. The molecule has 1 N–H and O–H groups in total. The summed E-state index contributed by atoms with van der Waals surface area (Å²) in [5, 5.41) is 9.40. The quantitative estimate of drug-likeness (QED) is 0.701. The molecule has 0 radical (unpaired) electrons. The molecule has 0 aromatic carbocycles. The van der Waals surface area contributed by atoms with E-state index in [1.54, 1.807) is 0 Å². The third kappa shape index (κ3) is 1.40. The van der Waals surface area contributed by atoms with Crippen molar-refractivity contribution in [3.63, 3.8) is 0 Å². The van der Waals surface area contributed by atoms with E-state index in [0.717, 1.165) is 12.0 Å². The number of aliphatic hydroxyl groups is 1. The first-order valence-corrected chi connectivity index (χ1v) is 5.60. The first kappa shape index (κ1) is 9.47. The topological polar surface area (TPSA) is 23.5 Å². The summed E-state index contributed by atoms with van der Waals surface area (Å²) in [6, 6.07) is 1.49. The number of rotatable bonds is 2. The average molecular weight is 183 g/mol. The largest absolute Gasteiger partial charge is 0.396 e. The number of fused-ring (bicyclic) bond motifs is 2. The molecule has 13 heavy (non-hydrogen) atoms. The smallest absolute Gasteiger partial charge is 0.0476 e. The molecule has 76 valence electrons. The van der Waals surface area contributed by atoms with Crippen LogP contribution in [0.25, 0.3) is 0 Å². The number of piperidine rings is 1. The van der Waals surface area contributed by atoms with Crippen molar-refractivity contribution in [2.75, 3.05) is 13.7 Å². The van der Waals surface area contributed by atoms with Crippen molar-refractivity contribution in [2.45, 2.75) is 44.7 Å². The fourth-order valence-corrected chi connectivity index (χ4v) is 3.42. The number of hydrogen-bond acceptors (Lipinski definition) is 2. The van der Waals surface area contributed by atoms with Crippen LogP contribution in [0, 0.1) is 11.8 Å². The highest BCUT2D eigenvalue weighted by molar-refractivity contribution is 4.97. The van der Waals surface area contributed by atoms with Crippen molar-refractivity contribution in [2.24, 2.45) is 11.8 Å². The Morgan fingerprint density at radius 1 is 1.38 bits per heavy atom. The molecule has 4 atom stereocenters. The van der Waals surface area contributed by atoms with E-state index < -0.39 is 0 Å². The Balaban J connectivity index is 2.13. The summed E-state index contributed by atoms with van der Waals surface area (Å²) in [5.74, 6) is 1.33. The minimum Gasteiger partial charge on any atom is -0.396 e. The lowest BCUT2D eigenvalue weighted by atomic mass is 9.79. The fraction of sp³-hybridized carbons (Fsp3) is 1.00. The summed E-state index contributed by atoms with van der Waals surface area (Å²) >= 11 is 0. The van der Waals surface area contributed by atoms with Gasteiger partial charge in [-0.3, -0.25) is 0 Å².